The molecule has 2 N–H and O–H groups in total. The van der Waals surface area contributed by atoms with E-state index in [9.17, 15) is 4.79 Å². The van der Waals surface area contributed by atoms with Crippen molar-refractivity contribution in [1.29, 1.82) is 0 Å². The molecule has 3 rings (SSSR count). The fraction of sp³-hybridized carbons (Fsp3) is 0.611. The summed E-state index contributed by atoms with van der Waals surface area (Å²) in [6.07, 6.45) is 6.41. The molecule has 1 saturated heterocycles. The molecule has 1 aromatic carbocycles. The van der Waals surface area contributed by atoms with Crippen LogP contribution in [0, 0.1) is 11.8 Å². The molecule has 0 saturated carbocycles. The summed E-state index contributed by atoms with van der Waals surface area (Å²) in [5.74, 6) is 1.52. The summed E-state index contributed by atoms with van der Waals surface area (Å²) >= 11 is 0. The Morgan fingerprint density at radius 2 is 2.05 bits per heavy atom. The molecule has 3 heteroatoms. The number of fused-ring (bicyclic) bond motifs is 1. The minimum atomic E-state index is 0.241. The Balaban J connectivity index is 1.39. The number of carbonyl (C=O) groups excluding carboxylic acids is 1. The van der Waals surface area contributed by atoms with Gasteiger partial charge in [0.1, 0.15) is 0 Å². The number of hydrogen-bond acceptors (Lipinski definition) is 2. The van der Waals surface area contributed by atoms with E-state index in [2.05, 4.69) is 34.9 Å². The lowest BCUT2D eigenvalue weighted by Gasteiger charge is -2.24. The fourth-order valence-corrected chi connectivity index (χ4v) is 3.66. The molecular formula is C18H26N2O. The lowest BCUT2D eigenvalue weighted by molar-refractivity contribution is -0.122. The van der Waals surface area contributed by atoms with E-state index in [1.54, 1.807) is 0 Å². The number of hydrogen-bond donors (Lipinski definition) is 2. The second-order valence-electron chi connectivity index (χ2n) is 6.58. The molecule has 114 valence electrons. The Morgan fingerprint density at radius 1 is 1.19 bits per heavy atom. The van der Waals surface area contributed by atoms with Crippen LogP contribution in [0.15, 0.2) is 24.3 Å². The normalized spacial score (nSPS) is 24.6. The van der Waals surface area contributed by atoms with Crippen molar-refractivity contribution in [1.82, 2.24) is 10.6 Å². The summed E-state index contributed by atoms with van der Waals surface area (Å²) in [5, 5.41) is 6.49. The molecule has 0 radical (unpaired) electrons. The average molecular weight is 286 g/mol. The van der Waals surface area contributed by atoms with E-state index in [0.29, 0.717) is 12.3 Å². The highest BCUT2D eigenvalue weighted by Gasteiger charge is 2.21. The summed E-state index contributed by atoms with van der Waals surface area (Å²) in [6, 6.07) is 8.66. The molecule has 0 spiro atoms. The zero-order chi connectivity index (χ0) is 14.5. The first kappa shape index (κ1) is 14.6. The van der Waals surface area contributed by atoms with Gasteiger partial charge in [-0.25, -0.2) is 0 Å². The number of rotatable bonds is 5. The quantitative estimate of drug-likeness (QED) is 0.872. The zero-order valence-electron chi connectivity index (χ0n) is 12.7. The van der Waals surface area contributed by atoms with Crippen LogP contribution in [0.25, 0.3) is 0 Å². The zero-order valence-corrected chi connectivity index (χ0v) is 12.7. The Morgan fingerprint density at radius 3 is 2.86 bits per heavy atom. The monoisotopic (exact) mass is 286 g/mol. The molecule has 1 amide bonds. The second kappa shape index (κ2) is 7.08. The Hall–Kier alpha value is -1.35. The molecule has 3 nitrogen and oxygen atoms in total. The maximum atomic E-state index is 12.1. The van der Waals surface area contributed by atoms with Crippen molar-refractivity contribution in [3.8, 4) is 0 Å². The van der Waals surface area contributed by atoms with Crippen LogP contribution in [0.2, 0.25) is 0 Å². The Labute approximate surface area is 127 Å². The van der Waals surface area contributed by atoms with Crippen molar-refractivity contribution >= 4 is 5.91 Å². The number of nitrogens with one attached hydrogen (secondary N) is 2. The number of carbonyl (C=O) groups is 1. The van der Waals surface area contributed by atoms with E-state index in [1.807, 2.05) is 0 Å². The van der Waals surface area contributed by atoms with Gasteiger partial charge >= 0.3 is 0 Å². The molecule has 2 atom stereocenters. The summed E-state index contributed by atoms with van der Waals surface area (Å²) in [6.45, 7) is 3.10. The number of amides is 1. The van der Waals surface area contributed by atoms with Gasteiger partial charge in [0.2, 0.25) is 5.91 Å². The van der Waals surface area contributed by atoms with Gasteiger partial charge in [-0.15, -0.1) is 0 Å². The highest BCUT2D eigenvalue weighted by molar-refractivity contribution is 5.76. The average Bonchev–Trinajstić information content (AvgIpc) is 3.00. The van der Waals surface area contributed by atoms with Crippen LogP contribution in [0.5, 0.6) is 0 Å². The lowest BCUT2D eigenvalue weighted by Crippen LogP contribution is -2.29. The molecule has 2 unspecified atom stereocenters. The predicted octanol–water partition coefficient (Wildman–Crippen LogP) is 2.30. The van der Waals surface area contributed by atoms with Gasteiger partial charge in [-0.3, -0.25) is 4.79 Å². The van der Waals surface area contributed by atoms with Crippen LogP contribution < -0.4 is 10.6 Å². The van der Waals surface area contributed by atoms with E-state index in [4.69, 9.17) is 0 Å². The summed E-state index contributed by atoms with van der Waals surface area (Å²) in [4.78, 5) is 12.1. The van der Waals surface area contributed by atoms with Crippen molar-refractivity contribution in [3.05, 3.63) is 35.4 Å². The van der Waals surface area contributed by atoms with Crippen molar-refractivity contribution in [2.45, 2.75) is 38.5 Å². The second-order valence-corrected chi connectivity index (χ2v) is 6.58. The van der Waals surface area contributed by atoms with Gasteiger partial charge in [0.25, 0.3) is 0 Å². The van der Waals surface area contributed by atoms with Gasteiger partial charge < -0.3 is 10.6 Å². The molecule has 2 aliphatic rings. The standard InChI is InChI=1S/C18H26N2O/c21-18(20-10-8-14-7-9-19-13-14)12-15-5-6-16-3-1-2-4-17(16)11-15/h1-4,14-15,19H,5-13H2,(H,20,21). The third kappa shape index (κ3) is 4.07. The first-order valence-corrected chi connectivity index (χ1v) is 8.35. The molecule has 1 heterocycles. The van der Waals surface area contributed by atoms with Crippen molar-refractivity contribution in [2.75, 3.05) is 19.6 Å². The first-order valence-electron chi connectivity index (χ1n) is 8.35. The molecule has 21 heavy (non-hydrogen) atoms. The van der Waals surface area contributed by atoms with Gasteiger partial charge in [-0.2, -0.15) is 0 Å². The van der Waals surface area contributed by atoms with Gasteiger partial charge in [0.15, 0.2) is 0 Å². The summed E-state index contributed by atoms with van der Waals surface area (Å²) in [5.41, 5.74) is 2.92. The highest BCUT2D eigenvalue weighted by atomic mass is 16.1. The van der Waals surface area contributed by atoms with Crippen LogP contribution in [0.1, 0.15) is 36.8 Å². The van der Waals surface area contributed by atoms with Crippen molar-refractivity contribution in [2.24, 2.45) is 11.8 Å². The van der Waals surface area contributed by atoms with Gasteiger partial charge in [0.05, 0.1) is 0 Å². The van der Waals surface area contributed by atoms with E-state index in [-0.39, 0.29) is 5.91 Å². The van der Waals surface area contributed by atoms with E-state index in [1.165, 1.54) is 17.5 Å². The lowest BCUT2D eigenvalue weighted by atomic mass is 9.82. The Kier molecular flexibility index (Phi) is 4.91. The minimum absolute atomic E-state index is 0.241. The topological polar surface area (TPSA) is 41.1 Å². The third-order valence-corrected chi connectivity index (χ3v) is 4.96. The SMILES string of the molecule is O=C(CC1CCc2ccccc2C1)NCCC1CCNC1. The van der Waals surface area contributed by atoms with Crippen LogP contribution in [-0.4, -0.2) is 25.5 Å². The maximum Gasteiger partial charge on any atom is 0.220 e. The van der Waals surface area contributed by atoms with Crippen LogP contribution in [-0.2, 0) is 17.6 Å². The largest absolute Gasteiger partial charge is 0.356 e. The van der Waals surface area contributed by atoms with Crippen molar-refractivity contribution in [3.63, 3.8) is 0 Å². The molecule has 1 aliphatic carbocycles. The maximum absolute atomic E-state index is 12.1. The molecule has 1 aromatic rings. The number of aryl methyl sites for hydroxylation is 1. The van der Waals surface area contributed by atoms with Crippen molar-refractivity contribution < 1.29 is 4.79 Å². The minimum Gasteiger partial charge on any atom is -0.356 e. The summed E-state index contributed by atoms with van der Waals surface area (Å²) in [7, 11) is 0. The van der Waals surface area contributed by atoms with Gasteiger partial charge in [-0.05, 0) is 68.2 Å². The smallest absolute Gasteiger partial charge is 0.220 e. The molecule has 0 aromatic heterocycles. The van der Waals surface area contributed by atoms with Gasteiger partial charge in [0, 0.05) is 13.0 Å². The molecule has 1 fully saturated rings. The van der Waals surface area contributed by atoms with Crippen LogP contribution >= 0.6 is 0 Å². The highest BCUT2D eigenvalue weighted by Crippen LogP contribution is 2.27. The molecule has 1 aliphatic heterocycles. The third-order valence-electron chi connectivity index (χ3n) is 4.96. The molecule has 0 bridgehead atoms. The van der Waals surface area contributed by atoms with Gasteiger partial charge in [-0.1, -0.05) is 24.3 Å². The summed E-state index contributed by atoms with van der Waals surface area (Å²) < 4.78 is 0. The van der Waals surface area contributed by atoms with Crippen LogP contribution in [0.4, 0.5) is 0 Å². The van der Waals surface area contributed by atoms with E-state index < -0.39 is 0 Å². The van der Waals surface area contributed by atoms with Crippen LogP contribution in [0.3, 0.4) is 0 Å². The van der Waals surface area contributed by atoms with E-state index >= 15 is 0 Å². The van der Waals surface area contributed by atoms with E-state index in [0.717, 1.165) is 51.2 Å². The Bertz CT molecular complexity index is 480. The molecular weight excluding hydrogens is 260 g/mol. The first-order chi connectivity index (χ1) is 10.3. The predicted molar refractivity (Wildman–Crippen MR) is 85.2 cm³/mol. The number of benzene rings is 1. The fourth-order valence-electron chi connectivity index (χ4n) is 3.66.